The van der Waals surface area contributed by atoms with E-state index in [9.17, 15) is 0 Å². The van der Waals surface area contributed by atoms with Gasteiger partial charge in [-0.15, -0.1) is 23.5 Å². The third-order valence-corrected chi connectivity index (χ3v) is 8.87. The highest BCUT2D eigenvalue weighted by Crippen LogP contribution is 2.47. The van der Waals surface area contributed by atoms with Gasteiger partial charge >= 0.3 is 7.12 Å². The third kappa shape index (κ3) is 4.49. The van der Waals surface area contributed by atoms with Crippen molar-refractivity contribution in [3.8, 4) is 5.75 Å². The Morgan fingerprint density at radius 1 is 1.04 bits per heavy atom. The van der Waals surface area contributed by atoms with E-state index in [4.69, 9.17) is 13.7 Å². The van der Waals surface area contributed by atoms with Crippen LogP contribution in [0.4, 0.5) is 0 Å². The fourth-order valence-electron chi connectivity index (χ4n) is 2.97. The molecule has 3 rings (SSSR count). The zero-order valence-corrected chi connectivity index (χ0v) is 19.7. The molecule has 1 aromatic carbocycles. The maximum Gasteiger partial charge on any atom is 0.494 e. The van der Waals surface area contributed by atoms with E-state index in [0.29, 0.717) is 4.58 Å². The van der Waals surface area contributed by atoms with Gasteiger partial charge in [0, 0.05) is 5.56 Å². The first-order chi connectivity index (χ1) is 12.0. The van der Waals surface area contributed by atoms with Crippen molar-refractivity contribution in [2.24, 2.45) is 0 Å². The molecule has 0 saturated carbocycles. The van der Waals surface area contributed by atoms with Crippen LogP contribution in [-0.2, 0) is 9.31 Å². The second-order valence-electron chi connectivity index (χ2n) is 9.03. The average molecular weight is 410 g/mol. The van der Waals surface area contributed by atoms with E-state index in [1.54, 1.807) is 0 Å². The molecule has 2 heterocycles. The zero-order valence-electron chi connectivity index (χ0n) is 17.0. The van der Waals surface area contributed by atoms with Crippen molar-refractivity contribution < 1.29 is 13.7 Å². The van der Waals surface area contributed by atoms with Crippen LogP contribution in [0.1, 0.15) is 44.3 Å². The monoisotopic (exact) mass is 410 g/mol. The quantitative estimate of drug-likeness (QED) is 0.647. The van der Waals surface area contributed by atoms with Crippen molar-refractivity contribution in [2.45, 2.75) is 69.5 Å². The van der Waals surface area contributed by atoms with Crippen LogP contribution in [0.25, 0.3) is 0 Å². The van der Waals surface area contributed by atoms with Crippen molar-refractivity contribution in [3.63, 3.8) is 0 Å². The summed E-state index contributed by atoms with van der Waals surface area (Å²) in [4.78, 5) is 0. The van der Waals surface area contributed by atoms with Gasteiger partial charge in [0.05, 0.1) is 15.8 Å². The van der Waals surface area contributed by atoms with Gasteiger partial charge < -0.3 is 13.7 Å². The van der Waals surface area contributed by atoms with Gasteiger partial charge in [-0.2, -0.15) is 0 Å². The Labute approximate surface area is 168 Å². The van der Waals surface area contributed by atoms with Crippen LogP contribution >= 0.6 is 23.5 Å². The summed E-state index contributed by atoms with van der Waals surface area (Å²) in [6, 6.07) is 6.50. The van der Waals surface area contributed by atoms with Crippen molar-refractivity contribution >= 4 is 44.4 Å². The van der Waals surface area contributed by atoms with Crippen LogP contribution in [0.3, 0.4) is 0 Å². The van der Waals surface area contributed by atoms with Crippen LogP contribution in [0.5, 0.6) is 5.75 Å². The topological polar surface area (TPSA) is 27.7 Å². The van der Waals surface area contributed by atoms with Gasteiger partial charge in [0.25, 0.3) is 0 Å². The minimum Gasteiger partial charge on any atom is -0.544 e. The number of thioether (sulfide) groups is 2. The number of benzene rings is 1. The molecule has 0 aliphatic carbocycles. The van der Waals surface area contributed by atoms with Gasteiger partial charge in [0.2, 0.25) is 8.32 Å². The Kier molecular flexibility index (Phi) is 5.87. The first-order valence-electron chi connectivity index (χ1n) is 9.40. The lowest BCUT2D eigenvalue weighted by Crippen LogP contribution is -2.41. The van der Waals surface area contributed by atoms with Crippen molar-refractivity contribution in [3.05, 3.63) is 23.8 Å². The van der Waals surface area contributed by atoms with Crippen molar-refractivity contribution in [1.82, 2.24) is 0 Å². The first-order valence-corrected chi connectivity index (χ1v) is 14.9. The summed E-state index contributed by atoms with van der Waals surface area (Å²) in [6.07, 6.45) is 1.28. The molecule has 2 fully saturated rings. The minimum absolute atomic E-state index is 0.320. The fourth-order valence-corrected chi connectivity index (χ4v) is 6.74. The highest BCUT2D eigenvalue weighted by atomic mass is 32.2. The van der Waals surface area contributed by atoms with Crippen LogP contribution < -0.4 is 9.89 Å². The molecule has 0 spiro atoms. The summed E-state index contributed by atoms with van der Waals surface area (Å²) in [5, 5.41) is 0. The Bertz CT molecular complexity index is 639. The normalized spacial score (nSPS) is 23.3. The van der Waals surface area contributed by atoms with E-state index in [1.807, 2.05) is 23.5 Å². The van der Waals surface area contributed by atoms with Gasteiger partial charge in [-0.05, 0) is 76.8 Å². The maximum absolute atomic E-state index is 6.42. The predicted molar refractivity (Wildman–Crippen MR) is 118 cm³/mol. The molecule has 0 N–H and O–H groups in total. The largest absolute Gasteiger partial charge is 0.544 e. The van der Waals surface area contributed by atoms with E-state index in [0.717, 1.165) is 11.2 Å². The molecule has 0 aromatic heterocycles. The van der Waals surface area contributed by atoms with E-state index < -0.39 is 8.32 Å². The smallest absolute Gasteiger partial charge is 0.494 e. The summed E-state index contributed by atoms with van der Waals surface area (Å²) in [5.41, 5.74) is 1.74. The second-order valence-corrected chi connectivity index (χ2v) is 16.2. The lowest BCUT2D eigenvalue weighted by molar-refractivity contribution is 0.00578. The maximum atomic E-state index is 6.42. The summed E-state index contributed by atoms with van der Waals surface area (Å²) in [6.45, 7) is 15.1. The summed E-state index contributed by atoms with van der Waals surface area (Å²) in [5.74, 6) is 3.46. The molecule has 0 unspecified atom stereocenters. The van der Waals surface area contributed by atoms with E-state index >= 15 is 0 Å². The zero-order chi connectivity index (χ0) is 19.2. The summed E-state index contributed by atoms with van der Waals surface area (Å²) < 4.78 is 19.4. The summed E-state index contributed by atoms with van der Waals surface area (Å²) >= 11 is 4.05. The van der Waals surface area contributed by atoms with E-state index in [2.05, 4.69) is 65.5 Å². The van der Waals surface area contributed by atoms with Gasteiger partial charge in [-0.3, -0.25) is 0 Å². The predicted octanol–water partition coefficient (Wildman–Crippen LogP) is 5.07. The van der Waals surface area contributed by atoms with Gasteiger partial charge in [-0.25, -0.2) is 0 Å². The number of rotatable bonds is 4. The molecule has 0 amide bonds. The highest BCUT2D eigenvalue weighted by molar-refractivity contribution is 8.16. The highest BCUT2D eigenvalue weighted by Gasteiger charge is 2.51. The van der Waals surface area contributed by atoms with E-state index in [-0.39, 0.29) is 18.3 Å². The molecule has 7 heteroatoms. The van der Waals surface area contributed by atoms with E-state index in [1.165, 1.54) is 23.5 Å². The Balaban J connectivity index is 1.93. The SMILES string of the molecule is CC1(C)OB(c2ccc(O[Si](C)(C)C)c(C3SCCCS3)c2)OC1(C)C. The molecule has 3 nitrogen and oxygen atoms in total. The van der Waals surface area contributed by atoms with Crippen LogP contribution in [0, 0.1) is 0 Å². The Hall–Kier alpha value is -0.0782. The Morgan fingerprint density at radius 3 is 2.15 bits per heavy atom. The molecular weight excluding hydrogens is 379 g/mol. The molecule has 26 heavy (non-hydrogen) atoms. The average Bonchev–Trinajstić information content (AvgIpc) is 2.75. The third-order valence-electron chi connectivity index (χ3n) is 5.06. The standard InChI is InChI=1S/C19H31BO3S2Si/c1-18(2)19(3,4)23-20(22-18)14-9-10-16(21-26(5,6)7)15(13-14)17-24-11-8-12-25-17/h9-10,13,17H,8,11-12H2,1-7H3. The number of hydrogen-bond acceptors (Lipinski definition) is 5. The molecule has 0 radical (unpaired) electrons. The molecule has 2 aliphatic heterocycles. The van der Waals surface area contributed by atoms with Crippen molar-refractivity contribution in [1.29, 1.82) is 0 Å². The van der Waals surface area contributed by atoms with Gasteiger partial charge in [-0.1, -0.05) is 12.1 Å². The van der Waals surface area contributed by atoms with Crippen LogP contribution in [-0.4, -0.2) is 38.1 Å². The second kappa shape index (κ2) is 7.39. The van der Waals surface area contributed by atoms with Gasteiger partial charge in [0.15, 0.2) is 0 Å². The lowest BCUT2D eigenvalue weighted by Gasteiger charge is -2.32. The molecule has 0 bridgehead atoms. The fraction of sp³-hybridized carbons (Fsp3) is 0.684. The molecular formula is C19H31BO3S2Si. The lowest BCUT2D eigenvalue weighted by atomic mass is 9.78. The molecule has 1 aromatic rings. The van der Waals surface area contributed by atoms with Crippen LogP contribution in [0.2, 0.25) is 19.6 Å². The first kappa shape index (κ1) is 20.7. The molecule has 2 saturated heterocycles. The number of hydrogen-bond donors (Lipinski definition) is 0. The Morgan fingerprint density at radius 2 is 1.62 bits per heavy atom. The van der Waals surface area contributed by atoms with Crippen LogP contribution in [0.15, 0.2) is 18.2 Å². The summed E-state index contributed by atoms with van der Waals surface area (Å²) in [7, 11) is -1.99. The molecule has 144 valence electrons. The molecule has 2 aliphatic rings. The molecule has 0 atom stereocenters. The van der Waals surface area contributed by atoms with Gasteiger partial charge in [0.1, 0.15) is 5.75 Å². The minimum atomic E-state index is -1.67. The van der Waals surface area contributed by atoms with Crippen molar-refractivity contribution in [2.75, 3.05) is 11.5 Å².